The molecule has 1 aliphatic carbocycles. The standard InChI is InChI=1S/C28H20BrNO2/c29-23-14-13-17-19-10-12-22-26-21(27(31)30(28(22)32)15-5-2-1-3-6-15)11-9-18(25(19)26)16-7-4-8-20(23)24(16)17/h4,7-15H,1-3,5-6H2. The molecule has 0 spiro atoms. The molecule has 1 saturated carbocycles. The highest BCUT2D eigenvalue weighted by molar-refractivity contribution is 9.10. The topological polar surface area (TPSA) is 37.4 Å². The molecule has 0 atom stereocenters. The fourth-order valence-corrected chi connectivity index (χ4v) is 6.61. The van der Waals surface area contributed by atoms with E-state index in [1.165, 1.54) is 17.2 Å². The van der Waals surface area contributed by atoms with Crippen molar-refractivity contribution in [1.82, 2.24) is 4.90 Å². The van der Waals surface area contributed by atoms with Gasteiger partial charge in [0.25, 0.3) is 11.8 Å². The molecule has 0 aromatic heterocycles. The van der Waals surface area contributed by atoms with Gasteiger partial charge < -0.3 is 0 Å². The van der Waals surface area contributed by atoms with Gasteiger partial charge in [0.2, 0.25) is 0 Å². The third-order valence-electron chi connectivity index (χ3n) is 7.57. The number of halogens is 1. The lowest BCUT2D eigenvalue weighted by molar-refractivity contribution is 0.0503. The lowest BCUT2D eigenvalue weighted by atomic mass is 9.84. The maximum Gasteiger partial charge on any atom is 0.261 e. The molecule has 2 amide bonds. The number of hydrogen-bond donors (Lipinski definition) is 0. The molecule has 1 fully saturated rings. The molecule has 3 nitrogen and oxygen atoms in total. The zero-order chi connectivity index (χ0) is 21.6. The van der Waals surface area contributed by atoms with Crippen LogP contribution in [0.5, 0.6) is 0 Å². The van der Waals surface area contributed by atoms with Gasteiger partial charge in [0.1, 0.15) is 0 Å². The van der Waals surface area contributed by atoms with Gasteiger partial charge in [-0.05, 0) is 68.7 Å². The Bertz CT molecular complexity index is 1540. The second kappa shape index (κ2) is 6.52. The Morgan fingerprint density at radius 1 is 0.625 bits per heavy atom. The van der Waals surface area contributed by atoms with E-state index in [0.29, 0.717) is 11.1 Å². The number of imide groups is 1. The van der Waals surface area contributed by atoms with Crippen LogP contribution in [0, 0.1) is 0 Å². The summed E-state index contributed by atoms with van der Waals surface area (Å²) in [5.74, 6) is -0.254. The van der Waals surface area contributed by atoms with Gasteiger partial charge in [0, 0.05) is 27.0 Å². The Labute approximate surface area is 193 Å². The van der Waals surface area contributed by atoms with Crippen LogP contribution in [-0.4, -0.2) is 22.8 Å². The normalized spacial score (nSPS) is 17.5. The van der Waals surface area contributed by atoms with Crippen LogP contribution in [0.15, 0.2) is 59.1 Å². The number of nitrogens with zero attached hydrogens (tertiary/aromatic N) is 1. The smallest absolute Gasteiger partial charge is 0.261 e. The summed E-state index contributed by atoms with van der Waals surface area (Å²) in [5, 5.41) is 8.77. The van der Waals surface area contributed by atoms with Gasteiger partial charge in [-0.25, -0.2) is 0 Å². The van der Waals surface area contributed by atoms with E-state index in [9.17, 15) is 9.59 Å². The summed E-state index contributed by atoms with van der Waals surface area (Å²) in [4.78, 5) is 28.8. The molecule has 1 heterocycles. The van der Waals surface area contributed by atoms with Gasteiger partial charge in [0.15, 0.2) is 0 Å². The molecule has 0 unspecified atom stereocenters. The summed E-state index contributed by atoms with van der Waals surface area (Å²) in [7, 11) is 0. The van der Waals surface area contributed by atoms with Crippen LogP contribution >= 0.6 is 15.9 Å². The highest BCUT2D eigenvalue weighted by Crippen LogP contribution is 2.45. The number of carbonyl (C=O) groups is 2. The molecular weight excluding hydrogens is 462 g/mol. The van der Waals surface area contributed by atoms with E-state index < -0.39 is 0 Å². The maximum absolute atomic E-state index is 13.6. The predicted molar refractivity (Wildman–Crippen MR) is 133 cm³/mol. The Balaban J connectivity index is 1.60. The predicted octanol–water partition coefficient (Wildman–Crippen LogP) is 7.43. The summed E-state index contributed by atoms with van der Waals surface area (Å²) >= 11 is 3.70. The summed E-state index contributed by atoms with van der Waals surface area (Å²) in [6.07, 6.45) is 5.18. The maximum atomic E-state index is 13.6. The Morgan fingerprint density at radius 3 is 1.88 bits per heavy atom. The summed E-state index contributed by atoms with van der Waals surface area (Å²) in [6, 6.07) is 18.6. The SMILES string of the molecule is O=C1c2ccc3c4cccc5c(Br)ccc(c6ccc(c2c36)C(=O)N1C1CCCCC1)c54. The molecule has 2 aliphatic rings. The monoisotopic (exact) mass is 481 g/mol. The molecule has 0 bridgehead atoms. The molecule has 5 aromatic rings. The van der Waals surface area contributed by atoms with E-state index in [0.717, 1.165) is 62.5 Å². The lowest BCUT2D eigenvalue weighted by Gasteiger charge is -2.36. The number of carbonyl (C=O) groups excluding carboxylic acids is 2. The number of amides is 2. The van der Waals surface area contributed by atoms with Crippen molar-refractivity contribution in [1.29, 1.82) is 0 Å². The number of rotatable bonds is 1. The Hall–Kier alpha value is -2.98. The van der Waals surface area contributed by atoms with Crippen molar-refractivity contribution in [3.05, 3.63) is 70.2 Å². The van der Waals surface area contributed by atoms with Gasteiger partial charge >= 0.3 is 0 Å². The molecule has 1 aliphatic heterocycles. The van der Waals surface area contributed by atoms with Gasteiger partial charge in [0.05, 0.1) is 0 Å². The van der Waals surface area contributed by atoms with Crippen LogP contribution < -0.4 is 0 Å². The van der Waals surface area contributed by atoms with E-state index in [1.54, 1.807) is 4.90 Å². The van der Waals surface area contributed by atoms with Crippen LogP contribution in [0.1, 0.15) is 52.8 Å². The quantitative estimate of drug-likeness (QED) is 0.142. The van der Waals surface area contributed by atoms with Gasteiger partial charge in [-0.15, -0.1) is 0 Å². The summed E-state index contributed by atoms with van der Waals surface area (Å²) in [5.41, 5.74) is 1.33. The van der Waals surface area contributed by atoms with Crippen molar-refractivity contribution in [3.63, 3.8) is 0 Å². The minimum atomic E-state index is -0.127. The average molecular weight is 482 g/mol. The highest BCUT2D eigenvalue weighted by atomic mass is 79.9. The minimum absolute atomic E-state index is 0.0195. The van der Waals surface area contributed by atoms with Crippen LogP contribution in [0.25, 0.3) is 43.1 Å². The van der Waals surface area contributed by atoms with Gasteiger partial charge in [-0.3, -0.25) is 14.5 Å². The lowest BCUT2D eigenvalue weighted by Crippen LogP contribution is -2.47. The van der Waals surface area contributed by atoms with Crippen molar-refractivity contribution < 1.29 is 9.59 Å². The number of benzene rings is 5. The first-order chi connectivity index (χ1) is 15.6. The molecule has 7 rings (SSSR count). The van der Waals surface area contributed by atoms with E-state index in [4.69, 9.17) is 0 Å². The summed E-state index contributed by atoms with van der Waals surface area (Å²) in [6.45, 7) is 0. The fourth-order valence-electron chi connectivity index (χ4n) is 6.14. The number of fused-ring (bicyclic) bond motifs is 2. The van der Waals surface area contributed by atoms with Gasteiger partial charge in [-0.1, -0.05) is 71.6 Å². The van der Waals surface area contributed by atoms with Crippen molar-refractivity contribution >= 4 is 70.8 Å². The molecule has 5 aromatic carbocycles. The molecule has 0 saturated heterocycles. The zero-order valence-corrected chi connectivity index (χ0v) is 19.0. The van der Waals surface area contributed by atoms with Crippen molar-refractivity contribution in [2.24, 2.45) is 0 Å². The van der Waals surface area contributed by atoms with Crippen LogP contribution in [0.3, 0.4) is 0 Å². The third kappa shape index (κ3) is 2.26. The first kappa shape index (κ1) is 18.6. The van der Waals surface area contributed by atoms with E-state index >= 15 is 0 Å². The first-order valence-corrected chi connectivity index (χ1v) is 12.1. The molecule has 4 heteroatoms. The van der Waals surface area contributed by atoms with E-state index in [-0.39, 0.29) is 17.9 Å². The minimum Gasteiger partial charge on any atom is -0.271 e. The molecule has 0 N–H and O–H groups in total. The van der Waals surface area contributed by atoms with Crippen molar-refractivity contribution in [3.8, 4) is 0 Å². The van der Waals surface area contributed by atoms with Crippen LogP contribution in [-0.2, 0) is 0 Å². The second-order valence-electron chi connectivity index (χ2n) is 9.17. The van der Waals surface area contributed by atoms with Crippen molar-refractivity contribution in [2.45, 2.75) is 38.1 Å². The Morgan fingerprint density at radius 2 is 1.19 bits per heavy atom. The summed E-state index contributed by atoms with van der Waals surface area (Å²) < 4.78 is 1.07. The second-order valence-corrected chi connectivity index (χ2v) is 10.0. The van der Waals surface area contributed by atoms with Gasteiger partial charge in [-0.2, -0.15) is 0 Å². The van der Waals surface area contributed by atoms with Crippen LogP contribution in [0.4, 0.5) is 0 Å². The van der Waals surface area contributed by atoms with Crippen LogP contribution in [0.2, 0.25) is 0 Å². The van der Waals surface area contributed by atoms with E-state index in [1.807, 2.05) is 12.1 Å². The molecule has 0 radical (unpaired) electrons. The largest absolute Gasteiger partial charge is 0.271 e. The first-order valence-electron chi connectivity index (χ1n) is 11.3. The average Bonchev–Trinajstić information content (AvgIpc) is 2.83. The highest BCUT2D eigenvalue weighted by Gasteiger charge is 2.38. The van der Waals surface area contributed by atoms with E-state index in [2.05, 4.69) is 58.4 Å². The fraction of sp³-hybridized carbons (Fsp3) is 0.214. The molecular formula is C28H20BrNO2. The zero-order valence-electron chi connectivity index (χ0n) is 17.5. The van der Waals surface area contributed by atoms with Crippen molar-refractivity contribution in [2.75, 3.05) is 0 Å². The molecule has 156 valence electrons. The Kier molecular flexibility index (Phi) is 3.78. The third-order valence-corrected chi connectivity index (χ3v) is 8.26. The molecule has 32 heavy (non-hydrogen) atoms. The number of hydrogen-bond acceptors (Lipinski definition) is 2.